The zero-order valence-electron chi connectivity index (χ0n) is 13.6. The maximum Gasteiger partial charge on any atom is 0.189 e. The van der Waals surface area contributed by atoms with E-state index < -0.39 is 0 Å². The number of nitrogens with zero attached hydrogens (tertiary/aromatic N) is 1. The molecule has 1 heterocycles. The van der Waals surface area contributed by atoms with Crippen molar-refractivity contribution in [3.63, 3.8) is 0 Å². The first kappa shape index (κ1) is 15.4. The molecule has 0 unspecified atom stereocenters. The lowest BCUT2D eigenvalue weighted by Crippen LogP contribution is -2.14. The van der Waals surface area contributed by atoms with E-state index in [1.807, 2.05) is 18.2 Å². The Morgan fingerprint density at radius 3 is 2.83 bits per heavy atom. The minimum absolute atomic E-state index is 0.156. The number of aromatic nitrogens is 1. The highest BCUT2D eigenvalue weighted by molar-refractivity contribution is 9.10. The van der Waals surface area contributed by atoms with E-state index in [1.165, 1.54) is 10.9 Å². The molecule has 0 amide bonds. The van der Waals surface area contributed by atoms with Crippen molar-refractivity contribution < 1.29 is 4.79 Å². The lowest BCUT2D eigenvalue weighted by Gasteiger charge is -2.17. The van der Waals surface area contributed by atoms with Crippen molar-refractivity contribution in [3.05, 3.63) is 75.4 Å². The molecule has 3 aromatic rings. The number of carbonyl (C=O) groups excluding carboxylic acids is 1. The quantitative estimate of drug-likeness (QED) is 0.528. The Hall–Kier alpha value is -2.13. The van der Waals surface area contributed by atoms with E-state index in [1.54, 1.807) is 0 Å². The molecule has 4 rings (SSSR count). The van der Waals surface area contributed by atoms with Gasteiger partial charge in [0.2, 0.25) is 0 Å². The summed E-state index contributed by atoms with van der Waals surface area (Å²) in [6, 6.07) is 14.5. The average Bonchev–Trinajstić information content (AvgIpc) is 3.00. The Morgan fingerprint density at radius 2 is 2.00 bits per heavy atom. The van der Waals surface area contributed by atoms with Crippen LogP contribution in [0.4, 0.5) is 0 Å². The Bertz CT molecular complexity index is 981. The van der Waals surface area contributed by atoms with Crippen molar-refractivity contribution in [2.24, 2.45) is 0 Å². The number of halogens is 1. The summed E-state index contributed by atoms with van der Waals surface area (Å²) >= 11 is 3.47. The van der Waals surface area contributed by atoms with Crippen molar-refractivity contribution in [1.29, 1.82) is 0 Å². The molecule has 0 atom stereocenters. The van der Waals surface area contributed by atoms with Crippen LogP contribution in [0.25, 0.3) is 17.0 Å². The maximum atomic E-state index is 12.8. The normalized spacial score (nSPS) is 15.9. The van der Waals surface area contributed by atoms with Crippen LogP contribution in [0.3, 0.4) is 0 Å². The van der Waals surface area contributed by atoms with Crippen molar-refractivity contribution in [2.45, 2.75) is 26.3 Å². The Labute approximate surface area is 149 Å². The van der Waals surface area contributed by atoms with Crippen LogP contribution >= 0.6 is 15.9 Å². The number of rotatable bonds is 2. The number of carbonyl (C=O) groups is 1. The van der Waals surface area contributed by atoms with Crippen molar-refractivity contribution >= 4 is 38.7 Å². The molecule has 0 bridgehead atoms. The molecule has 24 heavy (non-hydrogen) atoms. The predicted octanol–water partition coefficient (Wildman–Crippen LogP) is 5.64. The first-order valence-corrected chi connectivity index (χ1v) is 9.07. The lowest BCUT2D eigenvalue weighted by atomic mass is 9.86. The molecular formula is C21H18BrNO. The first-order valence-electron chi connectivity index (χ1n) is 8.28. The maximum absolute atomic E-state index is 12.8. The molecule has 1 aliphatic carbocycles. The van der Waals surface area contributed by atoms with Gasteiger partial charge in [-0.15, -0.1) is 0 Å². The summed E-state index contributed by atoms with van der Waals surface area (Å²) in [4.78, 5) is 12.8. The van der Waals surface area contributed by atoms with Crippen LogP contribution in [-0.4, -0.2) is 10.4 Å². The average molecular weight is 380 g/mol. The van der Waals surface area contributed by atoms with Gasteiger partial charge in [-0.2, -0.15) is 0 Å². The van der Waals surface area contributed by atoms with E-state index in [4.69, 9.17) is 0 Å². The molecule has 1 aromatic heterocycles. The van der Waals surface area contributed by atoms with E-state index >= 15 is 0 Å². The Kier molecular flexibility index (Phi) is 3.89. The van der Waals surface area contributed by atoms with E-state index in [2.05, 4.69) is 64.0 Å². The molecular weight excluding hydrogens is 362 g/mol. The highest BCUT2D eigenvalue weighted by Crippen LogP contribution is 2.29. The second kappa shape index (κ2) is 6.06. The van der Waals surface area contributed by atoms with Gasteiger partial charge in [0.25, 0.3) is 0 Å². The first-order chi connectivity index (χ1) is 11.7. The highest BCUT2D eigenvalue weighted by atomic mass is 79.9. The number of hydrogen-bond acceptors (Lipinski definition) is 1. The zero-order chi connectivity index (χ0) is 16.7. The Morgan fingerprint density at radius 1 is 1.12 bits per heavy atom. The minimum atomic E-state index is 0.156. The fourth-order valence-electron chi connectivity index (χ4n) is 3.44. The summed E-state index contributed by atoms with van der Waals surface area (Å²) < 4.78 is 3.19. The van der Waals surface area contributed by atoms with Gasteiger partial charge in [0.1, 0.15) is 0 Å². The van der Waals surface area contributed by atoms with Crippen LogP contribution in [0.2, 0.25) is 0 Å². The molecule has 0 N–H and O–H groups in total. The van der Waals surface area contributed by atoms with Crippen LogP contribution < -0.4 is 0 Å². The molecule has 2 nitrogen and oxygen atoms in total. The smallest absolute Gasteiger partial charge is 0.189 e. The predicted molar refractivity (Wildman–Crippen MR) is 102 cm³/mol. The van der Waals surface area contributed by atoms with Gasteiger partial charge in [0.05, 0.1) is 0 Å². The third-order valence-electron chi connectivity index (χ3n) is 4.75. The van der Waals surface area contributed by atoms with Crippen molar-refractivity contribution in [2.75, 3.05) is 0 Å². The monoisotopic (exact) mass is 379 g/mol. The topological polar surface area (TPSA) is 22.0 Å². The Balaban J connectivity index is 1.75. The number of hydrogen-bond donors (Lipinski definition) is 0. The van der Waals surface area contributed by atoms with Gasteiger partial charge < -0.3 is 4.57 Å². The second-order valence-corrected chi connectivity index (χ2v) is 7.14. The lowest BCUT2D eigenvalue weighted by molar-refractivity contribution is 0.102. The fourth-order valence-corrected chi connectivity index (χ4v) is 3.80. The van der Waals surface area contributed by atoms with Gasteiger partial charge in [0.15, 0.2) is 5.78 Å². The molecule has 2 aromatic carbocycles. The van der Waals surface area contributed by atoms with E-state index in [-0.39, 0.29) is 5.78 Å². The van der Waals surface area contributed by atoms with E-state index in [0.29, 0.717) is 0 Å². The van der Waals surface area contributed by atoms with E-state index in [9.17, 15) is 4.79 Å². The third-order valence-corrected chi connectivity index (χ3v) is 5.24. The van der Waals surface area contributed by atoms with Gasteiger partial charge in [-0.3, -0.25) is 4.79 Å². The van der Waals surface area contributed by atoms with Crippen LogP contribution in [0, 0.1) is 0 Å². The molecule has 1 aliphatic rings. The molecule has 120 valence electrons. The number of aryl methyl sites for hydroxylation is 2. The van der Waals surface area contributed by atoms with Crippen molar-refractivity contribution in [3.8, 4) is 0 Å². The number of allylic oxidation sites excluding steroid dienone is 1. The van der Waals surface area contributed by atoms with Gasteiger partial charge in [-0.25, -0.2) is 0 Å². The summed E-state index contributed by atoms with van der Waals surface area (Å²) in [6.07, 6.45) is 5.90. The molecule has 0 radical (unpaired) electrons. The molecule has 0 saturated heterocycles. The number of ketones is 1. The molecule has 0 spiro atoms. The van der Waals surface area contributed by atoms with E-state index in [0.717, 1.165) is 46.1 Å². The second-order valence-electron chi connectivity index (χ2n) is 6.22. The van der Waals surface area contributed by atoms with Crippen LogP contribution in [0.1, 0.15) is 34.8 Å². The minimum Gasteiger partial charge on any atom is -0.348 e. The summed E-state index contributed by atoms with van der Waals surface area (Å²) in [7, 11) is 0. The highest BCUT2D eigenvalue weighted by Gasteiger charge is 2.22. The van der Waals surface area contributed by atoms with Crippen LogP contribution in [0.5, 0.6) is 0 Å². The summed E-state index contributed by atoms with van der Waals surface area (Å²) in [5, 5.41) is 1.24. The fraction of sp³-hybridized carbons (Fsp3) is 0.190. The van der Waals surface area contributed by atoms with Gasteiger partial charge in [-0.1, -0.05) is 34.1 Å². The standard InChI is InChI=1S/C21H18BrNO/c1-2-23-10-9-16-4-3-14(12-20(16)23)11-17-6-5-15-7-8-18(22)13-19(15)21(17)24/h3-4,7-13H,2,5-6H2,1H3/b17-11+. The summed E-state index contributed by atoms with van der Waals surface area (Å²) in [6.45, 7) is 3.09. The van der Waals surface area contributed by atoms with Gasteiger partial charge >= 0.3 is 0 Å². The van der Waals surface area contributed by atoms with Gasteiger partial charge in [0, 0.05) is 33.9 Å². The zero-order valence-corrected chi connectivity index (χ0v) is 15.1. The molecule has 3 heteroatoms. The summed E-state index contributed by atoms with van der Waals surface area (Å²) in [5.74, 6) is 0.156. The number of benzene rings is 2. The number of Topliss-reactive ketones (excluding diaryl/α,β-unsaturated/α-hetero) is 1. The van der Waals surface area contributed by atoms with Gasteiger partial charge in [-0.05, 0) is 66.6 Å². The molecule has 0 fully saturated rings. The molecule has 0 saturated carbocycles. The summed E-state index contributed by atoms with van der Waals surface area (Å²) in [5.41, 5.74) is 5.20. The molecule has 0 aliphatic heterocycles. The largest absolute Gasteiger partial charge is 0.348 e. The van der Waals surface area contributed by atoms with Crippen LogP contribution in [-0.2, 0) is 13.0 Å². The van der Waals surface area contributed by atoms with Crippen LogP contribution in [0.15, 0.2) is 58.7 Å². The SMILES string of the molecule is CCn1ccc2ccc(/C=C3\CCc4ccc(Br)cc4C3=O)cc21. The van der Waals surface area contributed by atoms with Crippen molar-refractivity contribution in [1.82, 2.24) is 4.57 Å². The third kappa shape index (κ3) is 2.63. The number of fused-ring (bicyclic) bond motifs is 2.